The van der Waals surface area contributed by atoms with Crippen LogP contribution >= 0.6 is 0 Å². The van der Waals surface area contributed by atoms with E-state index in [4.69, 9.17) is 4.74 Å². The van der Waals surface area contributed by atoms with Crippen molar-refractivity contribution in [1.29, 1.82) is 0 Å². The molecule has 0 bridgehead atoms. The van der Waals surface area contributed by atoms with E-state index in [9.17, 15) is 4.79 Å². The number of methoxy groups -OCH3 is 1. The maximum Gasteiger partial charge on any atom is 0.159 e. The smallest absolute Gasteiger partial charge is 0.159 e. The first kappa shape index (κ1) is 17.8. The molecule has 3 rings (SSSR count). The molecule has 2 aliphatic heterocycles. The molecule has 0 saturated carbocycles. The first-order valence-electron chi connectivity index (χ1n) is 9.32. The van der Waals surface area contributed by atoms with Crippen molar-refractivity contribution in [2.45, 2.75) is 58.4 Å². The van der Waals surface area contributed by atoms with Crippen LogP contribution in [0.1, 0.15) is 52.0 Å². The van der Waals surface area contributed by atoms with Gasteiger partial charge in [0.15, 0.2) is 5.78 Å². The van der Waals surface area contributed by atoms with E-state index < -0.39 is 0 Å². The molecule has 1 fully saturated rings. The Kier molecular flexibility index (Phi) is 5.03. The average molecular weight is 339 g/mol. The number of carbonyl (C=O) groups is 1. The predicted octanol–water partition coefficient (Wildman–Crippen LogP) is 4.68. The number of allylic oxidation sites excluding steroid dienone is 3. The molecule has 0 N–H and O–H groups in total. The van der Waals surface area contributed by atoms with Gasteiger partial charge < -0.3 is 9.64 Å². The summed E-state index contributed by atoms with van der Waals surface area (Å²) in [4.78, 5) is 14.9. The third kappa shape index (κ3) is 3.51. The second kappa shape index (κ2) is 7.07. The van der Waals surface area contributed by atoms with Gasteiger partial charge in [-0.05, 0) is 49.5 Å². The summed E-state index contributed by atoms with van der Waals surface area (Å²) in [6.07, 6.45) is 6.54. The van der Waals surface area contributed by atoms with Crippen molar-refractivity contribution < 1.29 is 9.53 Å². The Balaban J connectivity index is 1.88. The summed E-state index contributed by atoms with van der Waals surface area (Å²) in [5.74, 6) is 1.13. The van der Waals surface area contributed by atoms with Gasteiger partial charge in [-0.2, -0.15) is 0 Å². The highest BCUT2D eigenvalue weighted by Gasteiger charge is 2.44. The minimum Gasteiger partial charge on any atom is -0.497 e. The number of carbonyl (C=O) groups excluding carboxylic acids is 1. The van der Waals surface area contributed by atoms with Gasteiger partial charge in [0.25, 0.3) is 0 Å². The zero-order chi connectivity index (χ0) is 18.0. The Hall–Kier alpha value is -2.03. The topological polar surface area (TPSA) is 29.5 Å². The number of ketones is 1. The molecular weight excluding hydrogens is 310 g/mol. The Morgan fingerprint density at radius 3 is 2.44 bits per heavy atom. The minimum atomic E-state index is -0.0570. The molecule has 134 valence electrons. The molecule has 0 spiro atoms. The van der Waals surface area contributed by atoms with Crippen LogP contribution in [0.25, 0.3) is 0 Å². The van der Waals surface area contributed by atoms with Gasteiger partial charge in [-0.25, -0.2) is 0 Å². The number of rotatable bonds is 5. The Bertz CT molecular complexity index is 708. The number of hydrogen-bond donors (Lipinski definition) is 0. The minimum absolute atomic E-state index is 0.0570. The van der Waals surface area contributed by atoms with Crippen molar-refractivity contribution in [3.63, 3.8) is 0 Å². The predicted molar refractivity (Wildman–Crippen MR) is 102 cm³/mol. The van der Waals surface area contributed by atoms with E-state index in [0.29, 0.717) is 6.42 Å². The lowest BCUT2D eigenvalue weighted by atomic mass is 9.85. The molecule has 1 aromatic rings. The molecule has 2 aliphatic rings. The summed E-state index contributed by atoms with van der Waals surface area (Å²) in [5, 5.41) is 0. The first-order valence-corrected chi connectivity index (χ1v) is 9.32. The van der Waals surface area contributed by atoms with Crippen LogP contribution in [0.5, 0.6) is 5.75 Å². The summed E-state index contributed by atoms with van der Waals surface area (Å²) in [7, 11) is 1.68. The number of benzene rings is 1. The molecule has 0 aliphatic carbocycles. The maximum absolute atomic E-state index is 12.4. The van der Waals surface area contributed by atoms with Crippen LogP contribution in [-0.2, 0) is 11.2 Å². The number of hydrogen-bond acceptors (Lipinski definition) is 3. The lowest BCUT2D eigenvalue weighted by Crippen LogP contribution is -2.45. The lowest BCUT2D eigenvalue weighted by molar-refractivity contribution is -0.117. The van der Waals surface area contributed by atoms with Crippen molar-refractivity contribution in [2.75, 3.05) is 13.7 Å². The van der Waals surface area contributed by atoms with Crippen LogP contribution < -0.4 is 4.74 Å². The van der Waals surface area contributed by atoms with E-state index in [-0.39, 0.29) is 11.3 Å². The van der Waals surface area contributed by atoms with Gasteiger partial charge >= 0.3 is 0 Å². The fourth-order valence-electron chi connectivity index (χ4n) is 4.37. The van der Waals surface area contributed by atoms with Crippen LogP contribution in [0.15, 0.2) is 47.2 Å². The Morgan fingerprint density at radius 1 is 1.16 bits per heavy atom. The zero-order valence-electron chi connectivity index (χ0n) is 15.9. The highest BCUT2D eigenvalue weighted by molar-refractivity contribution is 5.92. The summed E-state index contributed by atoms with van der Waals surface area (Å²) in [6.45, 7) is 7.71. The quantitative estimate of drug-likeness (QED) is 0.730. The third-order valence-corrected chi connectivity index (χ3v) is 5.72. The standard InChI is InChI=1S/C22H29NO2/c1-5-17(6-2)18-13-22(3)14-20(24)12-19(23(22)15-18)11-16-7-9-21(25-4)10-8-16/h7-10,12H,5-6,11,13-15H2,1-4H3/t22-/m1/s1. The SMILES string of the molecule is CCC(CC)=C1CN2C(Cc3ccc(OC)cc3)=CC(=O)C[C@@]2(C)C1. The second-order valence-electron chi connectivity index (χ2n) is 7.48. The van der Waals surface area contributed by atoms with Gasteiger partial charge in [0.05, 0.1) is 7.11 Å². The van der Waals surface area contributed by atoms with Gasteiger partial charge in [0.1, 0.15) is 5.75 Å². The van der Waals surface area contributed by atoms with E-state index in [1.165, 1.54) is 5.56 Å². The molecule has 0 aromatic heterocycles. The molecule has 1 aromatic carbocycles. The molecule has 25 heavy (non-hydrogen) atoms. The summed E-state index contributed by atoms with van der Waals surface area (Å²) >= 11 is 0. The highest BCUT2D eigenvalue weighted by atomic mass is 16.5. The van der Waals surface area contributed by atoms with Crippen molar-refractivity contribution in [2.24, 2.45) is 0 Å². The van der Waals surface area contributed by atoms with Crippen molar-refractivity contribution >= 4 is 5.78 Å². The molecule has 0 radical (unpaired) electrons. The molecule has 0 unspecified atom stereocenters. The van der Waals surface area contributed by atoms with Crippen molar-refractivity contribution in [3.05, 3.63) is 52.7 Å². The summed E-state index contributed by atoms with van der Waals surface area (Å²) < 4.78 is 5.24. The Labute approximate surface area is 151 Å². The van der Waals surface area contributed by atoms with Crippen LogP contribution in [0.2, 0.25) is 0 Å². The van der Waals surface area contributed by atoms with Gasteiger partial charge in [0.2, 0.25) is 0 Å². The van der Waals surface area contributed by atoms with Crippen LogP contribution in [0, 0.1) is 0 Å². The largest absolute Gasteiger partial charge is 0.497 e. The Morgan fingerprint density at radius 2 is 1.84 bits per heavy atom. The molecule has 2 heterocycles. The zero-order valence-corrected chi connectivity index (χ0v) is 15.9. The van der Waals surface area contributed by atoms with E-state index in [0.717, 1.165) is 43.7 Å². The van der Waals surface area contributed by atoms with Crippen molar-refractivity contribution in [1.82, 2.24) is 4.90 Å². The first-order chi connectivity index (χ1) is 12.0. The fourth-order valence-corrected chi connectivity index (χ4v) is 4.37. The highest BCUT2D eigenvalue weighted by Crippen LogP contribution is 2.43. The van der Waals surface area contributed by atoms with E-state index >= 15 is 0 Å². The van der Waals surface area contributed by atoms with Gasteiger partial charge in [0, 0.05) is 36.7 Å². The van der Waals surface area contributed by atoms with Crippen LogP contribution in [0.4, 0.5) is 0 Å². The average Bonchev–Trinajstić information content (AvgIpc) is 2.93. The van der Waals surface area contributed by atoms with E-state index in [2.05, 4.69) is 37.8 Å². The molecule has 3 nitrogen and oxygen atoms in total. The van der Waals surface area contributed by atoms with Gasteiger partial charge in [-0.1, -0.05) is 31.6 Å². The van der Waals surface area contributed by atoms with Gasteiger partial charge in [-0.15, -0.1) is 0 Å². The molecule has 3 heteroatoms. The normalized spacial score (nSPS) is 22.7. The van der Waals surface area contributed by atoms with E-state index in [1.807, 2.05) is 18.2 Å². The van der Waals surface area contributed by atoms with Crippen LogP contribution in [0.3, 0.4) is 0 Å². The number of nitrogens with zero attached hydrogens (tertiary/aromatic N) is 1. The monoisotopic (exact) mass is 339 g/mol. The van der Waals surface area contributed by atoms with Gasteiger partial charge in [-0.3, -0.25) is 4.79 Å². The molecule has 0 amide bonds. The number of fused-ring (bicyclic) bond motifs is 1. The van der Waals surface area contributed by atoms with Crippen molar-refractivity contribution in [3.8, 4) is 5.75 Å². The third-order valence-electron chi connectivity index (χ3n) is 5.72. The maximum atomic E-state index is 12.4. The second-order valence-corrected chi connectivity index (χ2v) is 7.48. The van der Waals surface area contributed by atoms with E-state index in [1.54, 1.807) is 18.3 Å². The fraction of sp³-hybridized carbons (Fsp3) is 0.500. The molecular formula is C22H29NO2. The van der Waals surface area contributed by atoms with Crippen LogP contribution in [-0.4, -0.2) is 29.9 Å². The summed E-state index contributed by atoms with van der Waals surface area (Å²) in [5.41, 5.74) is 5.42. The summed E-state index contributed by atoms with van der Waals surface area (Å²) in [6, 6.07) is 8.15. The number of ether oxygens (including phenoxy) is 1. The molecule has 1 atom stereocenters. The molecule has 1 saturated heterocycles. The lowest BCUT2D eigenvalue weighted by Gasteiger charge is -2.40.